The zero-order chi connectivity index (χ0) is 15.1. The second-order valence-corrected chi connectivity index (χ2v) is 5.73. The third-order valence-electron chi connectivity index (χ3n) is 3.14. The van der Waals surface area contributed by atoms with E-state index < -0.39 is 5.91 Å². The molecule has 0 aliphatic carbocycles. The van der Waals surface area contributed by atoms with Crippen LogP contribution in [-0.4, -0.2) is 12.5 Å². The standard InChI is InChI=1S/C16H20N2O2S/c1-2-13-7-8-21-15(13)10-18-9-12-3-5-14(6-4-12)20-11-16(17)19/h3-8,18H,2,9-11H2,1H3,(H2,17,19). The quantitative estimate of drug-likeness (QED) is 0.787. The van der Waals surface area contributed by atoms with Gasteiger partial charge >= 0.3 is 0 Å². The zero-order valence-electron chi connectivity index (χ0n) is 12.1. The van der Waals surface area contributed by atoms with Gasteiger partial charge in [-0.3, -0.25) is 4.79 Å². The number of hydrogen-bond acceptors (Lipinski definition) is 4. The van der Waals surface area contributed by atoms with Gasteiger partial charge in [0.1, 0.15) is 5.75 Å². The fourth-order valence-electron chi connectivity index (χ4n) is 2.02. The number of ether oxygens (including phenoxy) is 1. The molecule has 112 valence electrons. The lowest BCUT2D eigenvalue weighted by molar-refractivity contribution is -0.119. The van der Waals surface area contributed by atoms with Crippen LogP contribution in [0.1, 0.15) is 22.9 Å². The Morgan fingerprint density at radius 1 is 1.24 bits per heavy atom. The van der Waals surface area contributed by atoms with E-state index in [0.717, 1.165) is 19.5 Å². The summed E-state index contributed by atoms with van der Waals surface area (Å²) in [5.41, 5.74) is 7.63. The Morgan fingerprint density at radius 2 is 2.00 bits per heavy atom. The first kappa shape index (κ1) is 15.5. The number of amides is 1. The molecule has 0 radical (unpaired) electrons. The van der Waals surface area contributed by atoms with Crippen LogP contribution in [0.15, 0.2) is 35.7 Å². The molecule has 0 aliphatic rings. The molecule has 0 saturated carbocycles. The van der Waals surface area contributed by atoms with Crippen LogP contribution in [0.2, 0.25) is 0 Å². The highest BCUT2D eigenvalue weighted by molar-refractivity contribution is 7.10. The van der Waals surface area contributed by atoms with E-state index in [0.29, 0.717) is 5.75 Å². The highest BCUT2D eigenvalue weighted by Crippen LogP contribution is 2.17. The largest absolute Gasteiger partial charge is 0.484 e. The van der Waals surface area contributed by atoms with Gasteiger partial charge in [-0.2, -0.15) is 0 Å². The van der Waals surface area contributed by atoms with Gasteiger partial charge in [-0.1, -0.05) is 19.1 Å². The Bertz CT molecular complexity index is 578. The SMILES string of the molecule is CCc1ccsc1CNCc1ccc(OCC(N)=O)cc1. The van der Waals surface area contributed by atoms with Crippen LogP contribution in [0.25, 0.3) is 0 Å². The van der Waals surface area contributed by atoms with E-state index in [1.54, 1.807) is 11.3 Å². The molecule has 0 saturated heterocycles. The van der Waals surface area contributed by atoms with Crippen LogP contribution in [0.3, 0.4) is 0 Å². The van der Waals surface area contributed by atoms with E-state index in [-0.39, 0.29) is 6.61 Å². The predicted molar refractivity (Wildman–Crippen MR) is 85.4 cm³/mol. The molecule has 4 nitrogen and oxygen atoms in total. The highest BCUT2D eigenvalue weighted by atomic mass is 32.1. The lowest BCUT2D eigenvalue weighted by Gasteiger charge is -2.07. The summed E-state index contributed by atoms with van der Waals surface area (Å²) in [6.07, 6.45) is 1.08. The molecular weight excluding hydrogens is 284 g/mol. The minimum absolute atomic E-state index is 0.0875. The van der Waals surface area contributed by atoms with Gasteiger partial charge in [0.05, 0.1) is 0 Å². The molecule has 1 aromatic carbocycles. The summed E-state index contributed by atoms with van der Waals surface area (Å²) in [6, 6.07) is 9.86. The average Bonchev–Trinajstić information content (AvgIpc) is 2.94. The minimum Gasteiger partial charge on any atom is -0.484 e. The van der Waals surface area contributed by atoms with Crippen molar-refractivity contribution in [3.8, 4) is 5.75 Å². The molecule has 2 rings (SSSR count). The number of nitrogens with two attached hydrogens (primary N) is 1. The number of aryl methyl sites for hydroxylation is 1. The van der Waals surface area contributed by atoms with E-state index in [4.69, 9.17) is 10.5 Å². The second-order valence-electron chi connectivity index (χ2n) is 4.73. The van der Waals surface area contributed by atoms with Gasteiger partial charge in [0.25, 0.3) is 5.91 Å². The van der Waals surface area contributed by atoms with Crippen molar-refractivity contribution in [1.82, 2.24) is 5.32 Å². The van der Waals surface area contributed by atoms with Crippen LogP contribution < -0.4 is 15.8 Å². The monoisotopic (exact) mass is 304 g/mol. The molecule has 21 heavy (non-hydrogen) atoms. The predicted octanol–water partition coefficient (Wildman–Crippen LogP) is 2.46. The number of nitrogens with one attached hydrogen (secondary N) is 1. The maximum atomic E-state index is 10.6. The molecule has 0 aliphatic heterocycles. The summed E-state index contributed by atoms with van der Waals surface area (Å²) in [7, 11) is 0. The fourth-order valence-corrected chi connectivity index (χ4v) is 2.96. The van der Waals surface area contributed by atoms with E-state index in [2.05, 4.69) is 23.7 Å². The van der Waals surface area contributed by atoms with Crippen molar-refractivity contribution in [2.45, 2.75) is 26.4 Å². The highest BCUT2D eigenvalue weighted by Gasteiger charge is 2.02. The molecule has 1 amide bonds. The fraction of sp³-hybridized carbons (Fsp3) is 0.312. The number of rotatable bonds is 8. The van der Waals surface area contributed by atoms with E-state index >= 15 is 0 Å². The molecule has 0 atom stereocenters. The Morgan fingerprint density at radius 3 is 2.67 bits per heavy atom. The zero-order valence-corrected chi connectivity index (χ0v) is 12.9. The van der Waals surface area contributed by atoms with E-state index in [1.807, 2.05) is 24.3 Å². The summed E-state index contributed by atoms with van der Waals surface area (Å²) in [4.78, 5) is 12.0. The molecular formula is C16H20N2O2S. The molecule has 0 bridgehead atoms. The molecule has 0 spiro atoms. The van der Waals surface area contributed by atoms with Crippen LogP contribution in [0.4, 0.5) is 0 Å². The first-order valence-corrected chi connectivity index (χ1v) is 7.83. The average molecular weight is 304 g/mol. The summed E-state index contributed by atoms with van der Waals surface area (Å²) in [6.45, 7) is 3.78. The number of hydrogen-bond donors (Lipinski definition) is 2. The van der Waals surface area contributed by atoms with Crippen molar-refractivity contribution in [2.24, 2.45) is 5.73 Å². The topological polar surface area (TPSA) is 64.3 Å². The van der Waals surface area contributed by atoms with Crippen LogP contribution in [0.5, 0.6) is 5.75 Å². The Balaban J connectivity index is 1.79. The molecule has 2 aromatic rings. The summed E-state index contributed by atoms with van der Waals surface area (Å²) < 4.78 is 5.22. The molecule has 1 aromatic heterocycles. The molecule has 0 unspecified atom stereocenters. The van der Waals surface area contributed by atoms with Crippen molar-refractivity contribution in [3.05, 3.63) is 51.7 Å². The maximum Gasteiger partial charge on any atom is 0.255 e. The number of primary amides is 1. The van der Waals surface area contributed by atoms with Gasteiger partial charge in [-0.25, -0.2) is 0 Å². The second kappa shape index (κ2) is 7.81. The first-order valence-electron chi connectivity index (χ1n) is 6.95. The van der Waals surface area contributed by atoms with E-state index in [1.165, 1.54) is 16.0 Å². The lowest BCUT2D eigenvalue weighted by Crippen LogP contribution is -2.20. The van der Waals surface area contributed by atoms with Crippen molar-refractivity contribution >= 4 is 17.2 Å². The maximum absolute atomic E-state index is 10.6. The van der Waals surface area contributed by atoms with Crippen molar-refractivity contribution in [3.63, 3.8) is 0 Å². The summed E-state index contributed by atoms with van der Waals surface area (Å²) >= 11 is 1.79. The molecule has 5 heteroatoms. The van der Waals surface area contributed by atoms with Crippen molar-refractivity contribution < 1.29 is 9.53 Å². The number of benzene rings is 1. The smallest absolute Gasteiger partial charge is 0.255 e. The molecule has 0 fully saturated rings. The Labute approximate surface area is 128 Å². The Hall–Kier alpha value is -1.85. The number of thiophene rings is 1. The van der Waals surface area contributed by atoms with Gasteiger partial charge in [0, 0.05) is 18.0 Å². The third kappa shape index (κ3) is 4.88. The summed E-state index contributed by atoms with van der Waals surface area (Å²) in [5.74, 6) is 0.187. The molecule has 3 N–H and O–H groups in total. The van der Waals surface area contributed by atoms with Gasteiger partial charge in [-0.15, -0.1) is 11.3 Å². The van der Waals surface area contributed by atoms with Crippen LogP contribution >= 0.6 is 11.3 Å². The summed E-state index contributed by atoms with van der Waals surface area (Å²) in [5, 5.41) is 5.58. The number of carbonyl (C=O) groups excluding carboxylic acids is 1. The Kier molecular flexibility index (Phi) is 5.78. The van der Waals surface area contributed by atoms with Gasteiger partial charge in [-0.05, 0) is 41.1 Å². The van der Waals surface area contributed by atoms with Gasteiger partial charge in [0.2, 0.25) is 0 Å². The number of carbonyl (C=O) groups is 1. The van der Waals surface area contributed by atoms with E-state index in [9.17, 15) is 4.79 Å². The van der Waals surface area contributed by atoms with Crippen LogP contribution in [0, 0.1) is 0 Å². The minimum atomic E-state index is -0.469. The van der Waals surface area contributed by atoms with Crippen molar-refractivity contribution in [1.29, 1.82) is 0 Å². The first-order chi connectivity index (χ1) is 10.2. The van der Waals surface area contributed by atoms with Crippen LogP contribution in [-0.2, 0) is 24.3 Å². The van der Waals surface area contributed by atoms with Gasteiger partial charge < -0.3 is 15.8 Å². The lowest BCUT2D eigenvalue weighted by atomic mass is 10.2. The molecule has 1 heterocycles. The third-order valence-corrected chi connectivity index (χ3v) is 4.10. The normalized spacial score (nSPS) is 10.5. The van der Waals surface area contributed by atoms with Gasteiger partial charge in [0.15, 0.2) is 6.61 Å². The van der Waals surface area contributed by atoms with Crippen molar-refractivity contribution in [2.75, 3.05) is 6.61 Å².